The Balaban J connectivity index is 1.16. The Hall–Kier alpha value is -2.81. The molecule has 0 bridgehead atoms. The van der Waals surface area contributed by atoms with Crippen LogP contribution >= 0.6 is 0 Å². The van der Waals surface area contributed by atoms with Crippen molar-refractivity contribution in [3.8, 4) is 11.4 Å². The number of carbonyl (C=O) groups is 1. The lowest BCUT2D eigenvalue weighted by Crippen LogP contribution is -2.52. The highest BCUT2D eigenvalue weighted by Crippen LogP contribution is 2.36. The van der Waals surface area contributed by atoms with Gasteiger partial charge in [0.05, 0.1) is 22.2 Å². The second kappa shape index (κ2) is 12.6. The Morgan fingerprint density at radius 1 is 1.05 bits per heavy atom. The number of ether oxygens (including phenoxy) is 1. The Labute approximate surface area is 246 Å². The minimum atomic E-state index is -0.879. The van der Waals surface area contributed by atoms with Gasteiger partial charge >= 0.3 is 0 Å². The third-order valence-corrected chi connectivity index (χ3v) is 10.8. The van der Waals surface area contributed by atoms with Crippen molar-refractivity contribution in [2.24, 2.45) is 5.92 Å². The van der Waals surface area contributed by atoms with E-state index in [2.05, 4.69) is 65.3 Å². The number of aromatic nitrogens is 2. The quantitative estimate of drug-likeness (QED) is 0.373. The van der Waals surface area contributed by atoms with Gasteiger partial charge in [0, 0.05) is 80.3 Å². The Morgan fingerprint density at radius 2 is 1.83 bits per heavy atom. The summed E-state index contributed by atoms with van der Waals surface area (Å²) in [6.07, 6.45) is 7.41. The zero-order valence-corrected chi connectivity index (χ0v) is 25.1. The summed E-state index contributed by atoms with van der Waals surface area (Å²) in [7, 11) is -0.879. The highest BCUT2D eigenvalue weighted by Gasteiger charge is 2.30. The molecule has 6 rings (SSSR count). The summed E-state index contributed by atoms with van der Waals surface area (Å²) < 4.78 is 18.3. The summed E-state index contributed by atoms with van der Waals surface area (Å²) in [5.41, 5.74) is 5.62. The normalized spacial score (nSPS) is 22.0. The van der Waals surface area contributed by atoms with E-state index in [-0.39, 0.29) is 11.8 Å². The lowest BCUT2D eigenvalue weighted by atomic mass is 9.83. The van der Waals surface area contributed by atoms with Gasteiger partial charge in [0.1, 0.15) is 0 Å². The van der Waals surface area contributed by atoms with Gasteiger partial charge in [0.25, 0.3) is 0 Å². The van der Waals surface area contributed by atoms with E-state index in [1.165, 1.54) is 16.8 Å². The molecule has 4 heterocycles. The molecule has 3 fully saturated rings. The van der Waals surface area contributed by atoms with Crippen molar-refractivity contribution < 1.29 is 13.7 Å². The number of amides is 1. The second-order valence-corrected chi connectivity index (χ2v) is 13.8. The van der Waals surface area contributed by atoms with Gasteiger partial charge in [-0.25, -0.2) is 0 Å². The maximum absolute atomic E-state index is 12.7. The summed E-state index contributed by atoms with van der Waals surface area (Å²) in [5, 5.41) is 0.351. The van der Waals surface area contributed by atoms with Crippen molar-refractivity contribution in [1.29, 1.82) is 0 Å². The van der Waals surface area contributed by atoms with E-state index in [0.29, 0.717) is 17.2 Å². The predicted molar refractivity (Wildman–Crippen MR) is 162 cm³/mol. The number of hydrogen-bond acceptors (Lipinski definition) is 5. The minimum Gasteiger partial charge on any atom is -0.381 e. The van der Waals surface area contributed by atoms with Crippen LogP contribution in [0.15, 0.2) is 59.6 Å². The standard InChI is InChI=1S/C33H42N4O3S/c1-23-21-37(24(2)38)16-15-36(23)22-26-3-10-32(34-20-26)33-12-11-31(35-33)30(19-25-13-17-40-18-14-25)27-4-6-28(7-5-27)41(39)29-8-9-29/h3-7,10-12,20,23,25,29-30,35H,8-9,13-19,21-22H2,1-2H3. The molecule has 3 unspecified atom stereocenters. The zero-order valence-electron chi connectivity index (χ0n) is 24.3. The summed E-state index contributed by atoms with van der Waals surface area (Å²) in [4.78, 5) is 25.6. The first-order valence-electron chi connectivity index (χ1n) is 15.2. The van der Waals surface area contributed by atoms with E-state index < -0.39 is 10.8 Å². The maximum Gasteiger partial charge on any atom is 0.219 e. The van der Waals surface area contributed by atoms with Crippen molar-refractivity contribution >= 4 is 16.7 Å². The first-order valence-corrected chi connectivity index (χ1v) is 16.4. The van der Waals surface area contributed by atoms with Crippen molar-refractivity contribution in [2.45, 2.75) is 74.6 Å². The average Bonchev–Trinajstić information content (AvgIpc) is 3.74. The van der Waals surface area contributed by atoms with Crippen LogP contribution < -0.4 is 0 Å². The SMILES string of the molecule is CC(=O)N1CCN(Cc2ccc(-c3ccc(C(CC4CCOCC4)c4ccc(S(=O)C5CC5)cc4)[nH]3)nc2)C(C)C1. The van der Waals surface area contributed by atoms with Crippen molar-refractivity contribution in [1.82, 2.24) is 19.8 Å². The molecule has 3 aliphatic rings. The van der Waals surface area contributed by atoms with Crippen molar-refractivity contribution in [2.75, 3.05) is 32.8 Å². The average molecular weight is 575 g/mol. The minimum absolute atomic E-state index is 0.157. The van der Waals surface area contributed by atoms with Crippen LogP contribution in [0.25, 0.3) is 11.4 Å². The zero-order chi connectivity index (χ0) is 28.3. The molecule has 41 heavy (non-hydrogen) atoms. The largest absolute Gasteiger partial charge is 0.381 e. The molecule has 1 aliphatic carbocycles. The lowest BCUT2D eigenvalue weighted by molar-refractivity contribution is -0.131. The van der Waals surface area contributed by atoms with Crippen LogP contribution in [0.5, 0.6) is 0 Å². The van der Waals surface area contributed by atoms with Crippen LogP contribution in [0.1, 0.15) is 68.7 Å². The Bertz CT molecular complexity index is 1350. The van der Waals surface area contributed by atoms with Crippen LogP contribution in [0.4, 0.5) is 0 Å². The number of aromatic amines is 1. The monoisotopic (exact) mass is 574 g/mol. The van der Waals surface area contributed by atoms with Crippen molar-refractivity contribution in [3.63, 3.8) is 0 Å². The molecule has 2 saturated heterocycles. The van der Waals surface area contributed by atoms with Gasteiger partial charge in [-0.3, -0.25) is 18.9 Å². The molecule has 2 aromatic heterocycles. The molecule has 1 amide bonds. The number of H-pyrrole nitrogens is 1. The molecule has 2 aliphatic heterocycles. The highest BCUT2D eigenvalue weighted by molar-refractivity contribution is 7.86. The summed E-state index contributed by atoms with van der Waals surface area (Å²) in [6, 6.07) is 17.5. The first-order chi connectivity index (χ1) is 19.9. The van der Waals surface area contributed by atoms with Gasteiger partial charge in [0.2, 0.25) is 5.91 Å². The number of nitrogens with one attached hydrogen (secondary N) is 1. The second-order valence-electron chi connectivity index (χ2n) is 12.1. The fourth-order valence-electron chi connectivity index (χ4n) is 6.26. The molecule has 0 radical (unpaired) electrons. The number of rotatable bonds is 9. The third-order valence-electron chi connectivity index (χ3n) is 9.03. The van der Waals surface area contributed by atoms with Gasteiger partial charge < -0.3 is 14.6 Å². The van der Waals surface area contributed by atoms with Gasteiger partial charge in [0.15, 0.2) is 0 Å². The van der Waals surface area contributed by atoms with Crippen LogP contribution in [0.2, 0.25) is 0 Å². The number of nitrogens with zero attached hydrogens (tertiary/aromatic N) is 3. The van der Waals surface area contributed by atoms with Gasteiger partial charge in [-0.05, 0) is 86.4 Å². The number of carbonyl (C=O) groups excluding carboxylic acids is 1. The van der Waals surface area contributed by atoms with E-state index in [1.807, 2.05) is 11.1 Å². The summed E-state index contributed by atoms with van der Waals surface area (Å²) in [6.45, 7) is 8.81. The van der Waals surface area contributed by atoms with Crippen LogP contribution in [-0.2, 0) is 26.9 Å². The number of benzene rings is 1. The number of hydrogen-bond donors (Lipinski definition) is 1. The molecular formula is C33H42N4O3S. The van der Waals surface area contributed by atoms with Crippen LogP contribution in [0.3, 0.4) is 0 Å². The lowest BCUT2D eigenvalue weighted by Gasteiger charge is -2.39. The Kier molecular flexibility index (Phi) is 8.70. The molecule has 3 atom stereocenters. The molecular weight excluding hydrogens is 532 g/mol. The van der Waals surface area contributed by atoms with E-state index in [0.717, 1.165) is 87.8 Å². The maximum atomic E-state index is 12.7. The van der Waals surface area contributed by atoms with Crippen LogP contribution in [-0.4, -0.2) is 74.0 Å². The molecule has 7 nitrogen and oxygen atoms in total. The molecule has 8 heteroatoms. The van der Waals surface area contributed by atoms with Gasteiger partial charge in [-0.15, -0.1) is 0 Å². The van der Waals surface area contributed by atoms with E-state index >= 15 is 0 Å². The van der Waals surface area contributed by atoms with E-state index in [9.17, 15) is 9.00 Å². The fraction of sp³-hybridized carbons (Fsp3) is 0.515. The summed E-state index contributed by atoms with van der Waals surface area (Å²) in [5.74, 6) is 1.02. The molecule has 1 aromatic carbocycles. The summed E-state index contributed by atoms with van der Waals surface area (Å²) >= 11 is 0. The highest BCUT2D eigenvalue weighted by atomic mass is 32.2. The smallest absolute Gasteiger partial charge is 0.219 e. The fourth-order valence-corrected chi connectivity index (χ4v) is 7.61. The van der Waals surface area contributed by atoms with Crippen molar-refractivity contribution in [3.05, 3.63) is 71.5 Å². The number of piperazine rings is 1. The van der Waals surface area contributed by atoms with Gasteiger partial charge in [-0.2, -0.15) is 0 Å². The van der Waals surface area contributed by atoms with Crippen LogP contribution in [0, 0.1) is 5.92 Å². The first kappa shape index (κ1) is 28.3. The molecule has 3 aromatic rings. The van der Waals surface area contributed by atoms with E-state index in [1.54, 1.807) is 6.92 Å². The molecule has 1 saturated carbocycles. The molecule has 218 valence electrons. The Morgan fingerprint density at radius 3 is 2.49 bits per heavy atom. The van der Waals surface area contributed by atoms with E-state index in [4.69, 9.17) is 9.72 Å². The molecule has 0 spiro atoms. The van der Waals surface area contributed by atoms with Gasteiger partial charge in [-0.1, -0.05) is 18.2 Å². The number of pyridine rings is 1. The topological polar surface area (TPSA) is 78.5 Å². The third kappa shape index (κ3) is 6.82. The predicted octanol–water partition coefficient (Wildman–Crippen LogP) is 5.35. The molecule has 1 N–H and O–H groups in total.